The highest BCUT2D eigenvalue weighted by Crippen LogP contribution is 2.38. The lowest BCUT2D eigenvalue weighted by molar-refractivity contribution is -0.126. The molecule has 1 aromatic carbocycles. The summed E-state index contributed by atoms with van der Waals surface area (Å²) in [6.07, 6.45) is 3.12. The second kappa shape index (κ2) is 7.61. The molecule has 6 nitrogen and oxygen atoms in total. The van der Waals surface area contributed by atoms with E-state index in [2.05, 4.69) is 15.6 Å². The van der Waals surface area contributed by atoms with Crippen molar-refractivity contribution in [3.8, 4) is 0 Å². The van der Waals surface area contributed by atoms with Crippen LogP contribution in [0.4, 0.5) is 0 Å². The molecule has 3 rings (SSSR count). The molecule has 1 aromatic heterocycles. The Morgan fingerprint density at radius 3 is 2.76 bits per heavy atom. The van der Waals surface area contributed by atoms with Gasteiger partial charge in [0.2, 0.25) is 11.8 Å². The second-order valence-corrected chi connectivity index (χ2v) is 6.52. The minimum atomic E-state index is -0.308. The van der Waals surface area contributed by atoms with E-state index in [0.29, 0.717) is 19.3 Å². The number of benzene rings is 1. The third kappa shape index (κ3) is 4.14. The molecule has 132 valence electrons. The summed E-state index contributed by atoms with van der Waals surface area (Å²) < 4.78 is 0. The molecule has 2 amide bonds. The van der Waals surface area contributed by atoms with E-state index in [1.807, 2.05) is 30.3 Å². The average molecular weight is 341 g/mol. The fourth-order valence-corrected chi connectivity index (χ4v) is 3.16. The maximum atomic E-state index is 12.2. The van der Waals surface area contributed by atoms with Crippen molar-refractivity contribution < 1.29 is 14.7 Å². The summed E-state index contributed by atoms with van der Waals surface area (Å²) in [5.74, 6) is -0.219. The summed E-state index contributed by atoms with van der Waals surface area (Å²) in [5, 5.41) is 16.2. The van der Waals surface area contributed by atoms with E-state index in [-0.39, 0.29) is 36.4 Å². The van der Waals surface area contributed by atoms with Crippen LogP contribution in [0.15, 0.2) is 36.5 Å². The zero-order valence-corrected chi connectivity index (χ0v) is 14.2. The van der Waals surface area contributed by atoms with Gasteiger partial charge in [0, 0.05) is 18.0 Å². The molecule has 25 heavy (non-hydrogen) atoms. The molecular formula is C19H23N3O3. The zero-order chi connectivity index (χ0) is 17.8. The Kier molecular flexibility index (Phi) is 5.28. The molecule has 1 atom stereocenters. The number of aromatic nitrogens is 1. The van der Waals surface area contributed by atoms with E-state index < -0.39 is 0 Å². The van der Waals surface area contributed by atoms with Gasteiger partial charge in [-0.3, -0.25) is 14.6 Å². The third-order valence-electron chi connectivity index (χ3n) is 4.68. The summed E-state index contributed by atoms with van der Waals surface area (Å²) in [6.45, 7) is 1.70. The molecule has 2 aromatic rings. The van der Waals surface area contributed by atoms with E-state index in [4.69, 9.17) is 0 Å². The van der Waals surface area contributed by atoms with Crippen molar-refractivity contribution in [2.24, 2.45) is 5.92 Å². The molecule has 1 saturated carbocycles. The number of hydrogen-bond acceptors (Lipinski definition) is 4. The number of pyridine rings is 1. The van der Waals surface area contributed by atoms with E-state index in [1.165, 1.54) is 0 Å². The predicted molar refractivity (Wildman–Crippen MR) is 94.7 cm³/mol. The Labute approximate surface area is 146 Å². The number of rotatable bonds is 6. The molecule has 0 unspecified atom stereocenters. The van der Waals surface area contributed by atoms with E-state index in [9.17, 15) is 14.7 Å². The van der Waals surface area contributed by atoms with Crippen LogP contribution in [-0.2, 0) is 9.59 Å². The zero-order valence-electron chi connectivity index (χ0n) is 14.2. The summed E-state index contributed by atoms with van der Waals surface area (Å²) in [7, 11) is 0. The van der Waals surface area contributed by atoms with E-state index in [0.717, 1.165) is 16.5 Å². The van der Waals surface area contributed by atoms with Crippen LogP contribution in [0, 0.1) is 5.92 Å². The largest absolute Gasteiger partial charge is 0.393 e. The highest BCUT2D eigenvalue weighted by molar-refractivity contribution is 5.85. The normalized spacial score (nSPS) is 20.6. The molecule has 6 heteroatoms. The van der Waals surface area contributed by atoms with Crippen LogP contribution in [0.3, 0.4) is 0 Å². The highest BCUT2D eigenvalue weighted by Gasteiger charge is 2.35. The van der Waals surface area contributed by atoms with Gasteiger partial charge in [-0.15, -0.1) is 0 Å². The van der Waals surface area contributed by atoms with E-state index in [1.54, 1.807) is 13.1 Å². The molecule has 0 aliphatic heterocycles. The van der Waals surface area contributed by atoms with Gasteiger partial charge in [0.15, 0.2) is 0 Å². The Balaban J connectivity index is 1.76. The van der Waals surface area contributed by atoms with Crippen LogP contribution >= 0.6 is 0 Å². The molecule has 0 radical (unpaired) electrons. The predicted octanol–water partition coefficient (Wildman–Crippen LogP) is 1.69. The lowest BCUT2D eigenvalue weighted by atomic mass is 9.75. The monoisotopic (exact) mass is 341 g/mol. The fraction of sp³-hybridized carbons (Fsp3) is 0.421. The number of nitrogens with zero attached hydrogens (tertiary/aromatic N) is 1. The quantitative estimate of drug-likeness (QED) is 0.746. The molecule has 3 N–H and O–H groups in total. The molecule has 1 aliphatic rings. The molecule has 0 saturated heterocycles. The summed E-state index contributed by atoms with van der Waals surface area (Å²) >= 11 is 0. The number of fused-ring (bicyclic) bond motifs is 1. The van der Waals surface area contributed by atoms with Gasteiger partial charge >= 0.3 is 0 Å². The van der Waals surface area contributed by atoms with Crippen molar-refractivity contribution in [2.75, 3.05) is 6.54 Å². The van der Waals surface area contributed by atoms with Crippen molar-refractivity contribution in [3.05, 3.63) is 42.1 Å². The summed E-state index contributed by atoms with van der Waals surface area (Å²) in [4.78, 5) is 28.0. The number of aliphatic hydroxyl groups is 1. The standard InChI is InChI=1S/C19H23N3O3/c1-2-17(24)21-11-18(25)22-19(13-8-15(23)9-13)14-7-12-5-3-4-6-16(12)20-10-14/h3-7,10,13,15,19,23H,2,8-9,11H2,1H3,(H,21,24)(H,22,25)/t13?,15?,19-/m0/s1. The molecule has 1 aliphatic carbocycles. The minimum absolute atomic E-state index is 0.0422. The van der Waals surface area contributed by atoms with Crippen LogP contribution < -0.4 is 10.6 Å². The van der Waals surface area contributed by atoms with Crippen LogP contribution in [0.2, 0.25) is 0 Å². The van der Waals surface area contributed by atoms with Crippen molar-refractivity contribution in [1.82, 2.24) is 15.6 Å². The molecule has 0 spiro atoms. The summed E-state index contributed by atoms with van der Waals surface area (Å²) in [5.41, 5.74) is 1.82. The van der Waals surface area contributed by atoms with Crippen LogP contribution in [0.25, 0.3) is 10.9 Å². The number of amides is 2. The van der Waals surface area contributed by atoms with Crippen LogP contribution in [-0.4, -0.2) is 34.6 Å². The van der Waals surface area contributed by atoms with Crippen LogP contribution in [0.5, 0.6) is 0 Å². The van der Waals surface area contributed by atoms with Gasteiger partial charge in [0.25, 0.3) is 0 Å². The topological polar surface area (TPSA) is 91.3 Å². The average Bonchev–Trinajstić information content (AvgIpc) is 2.61. The van der Waals surface area contributed by atoms with Crippen molar-refractivity contribution in [3.63, 3.8) is 0 Å². The maximum Gasteiger partial charge on any atom is 0.239 e. The van der Waals surface area contributed by atoms with Gasteiger partial charge in [0.1, 0.15) is 0 Å². The number of carbonyl (C=O) groups is 2. The lowest BCUT2D eigenvalue weighted by Crippen LogP contribution is -2.44. The molecule has 1 fully saturated rings. The number of aliphatic hydroxyl groups excluding tert-OH is 1. The Morgan fingerprint density at radius 1 is 1.28 bits per heavy atom. The van der Waals surface area contributed by atoms with Crippen molar-refractivity contribution in [1.29, 1.82) is 0 Å². The van der Waals surface area contributed by atoms with Gasteiger partial charge < -0.3 is 15.7 Å². The van der Waals surface area contributed by atoms with Crippen molar-refractivity contribution in [2.45, 2.75) is 38.3 Å². The first kappa shape index (κ1) is 17.4. The Bertz CT molecular complexity index is 771. The number of carbonyl (C=O) groups excluding carboxylic acids is 2. The SMILES string of the molecule is CCC(=O)NCC(=O)N[C@H](c1cnc2ccccc2c1)C1CC(O)C1. The molecule has 1 heterocycles. The maximum absolute atomic E-state index is 12.2. The van der Waals surface area contributed by atoms with Crippen LogP contribution in [0.1, 0.15) is 37.8 Å². The van der Waals surface area contributed by atoms with Gasteiger partial charge in [-0.2, -0.15) is 0 Å². The van der Waals surface area contributed by atoms with Gasteiger partial charge in [0.05, 0.1) is 24.2 Å². The van der Waals surface area contributed by atoms with Crippen molar-refractivity contribution >= 4 is 22.7 Å². The first-order valence-corrected chi connectivity index (χ1v) is 8.65. The highest BCUT2D eigenvalue weighted by atomic mass is 16.3. The fourth-order valence-electron chi connectivity index (χ4n) is 3.16. The Morgan fingerprint density at radius 2 is 2.04 bits per heavy atom. The van der Waals surface area contributed by atoms with Gasteiger partial charge in [-0.25, -0.2) is 0 Å². The van der Waals surface area contributed by atoms with E-state index >= 15 is 0 Å². The molecule has 0 bridgehead atoms. The lowest BCUT2D eigenvalue weighted by Gasteiger charge is -2.38. The molecular weight excluding hydrogens is 318 g/mol. The number of nitrogens with one attached hydrogen (secondary N) is 2. The number of para-hydroxylation sites is 1. The first-order chi connectivity index (χ1) is 12.1. The van der Waals surface area contributed by atoms with Gasteiger partial charge in [-0.05, 0) is 36.5 Å². The summed E-state index contributed by atoms with van der Waals surface area (Å²) in [6, 6.07) is 9.64. The first-order valence-electron chi connectivity index (χ1n) is 8.65. The van der Waals surface area contributed by atoms with Gasteiger partial charge in [-0.1, -0.05) is 25.1 Å². The second-order valence-electron chi connectivity index (χ2n) is 6.52. The number of hydrogen-bond donors (Lipinski definition) is 3. The minimum Gasteiger partial charge on any atom is -0.393 e. The third-order valence-corrected chi connectivity index (χ3v) is 4.68. The Hall–Kier alpha value is -2.47. The smallest absolute Gasteiger partial charge is 0.239 e.